The molecule has 0 spiro atoms. The fourth-order valence-electron chi connectivity index (χ4n) is 1.95. The molecule has 7 heteroatoms. The average molecular weight is 329 g/mol. The predicted octanol–water partition coefficient (Wildman–Crippen LogP) is 2.49. The standard InChI is InChI=1S/C17H15NO6/c19-15(6-7-24-14-4-2-1-3-5-14)18-13-9-11(16(20)21)8-12(10-13)17(22)23/h1-5,8-10H,6-7H2,(H,18,19)(H,20,21)(H,22,23). The van der Waals surface area contributed by atoms with Crippen LogP contribution in [-0.4, -0.2) is 34.7 Å². The number of carbonyl (C=O) groups is 3. The van der Waals surface area contributed by atoms with Gasteiger partial charge in [-0.05, 0) is 30.3 Å². The molecule has 0 aliphatic rings. The first-order chi connectivity index (χ1) is 11.5. The molecule has 7 nitrogen and oxygen atoms in total. The van der Waals surface area contributed by atoms with Gasteiger partial charge in [-0.1, -0.05) is 18.2 Å². The van der Waals surface area contributed by atoms with Crippen molar-refractivity contribution in [2.45, 2.75) is 6.42 Å². The first-order valence-electron chi connectivity index (χ1n) is 7.05. The lowest BCUT2D eigenvalue weighted by atomic mass is 10.1. The normalized spacial score (nSPS) is 10.0. The summed E-state index contributed by atoms with van der Waals surface area (Å²) in [5, 5.41) is 20.5. The smallest absolute Gasteiger partial charge is 0.335 e. The molecule has 0 heterocycles. The van der Waals surface area contributed by atoms with Crippen LogP contribution in [0.4, 0.5) is 5.69 Å². The number of para-hydroxylation sites is 1. The minimum Gasteiger partial charge on any atom is -0.493 e. The fourth-order valence-corrected chi connectivity index (χ4v) is 1.95. The highest BCUT2D eigenvalue weighted by atomic mass is 16.5. The molecule has 1 amide bonds. The van der Waals surface area contributed by atoms with Crippen molar-refractivity contribution >= 4 is 23.5 Å². The first-order valence-corrected chi connectivity index (χ1v) is 7.05. The SMILES string of the molecule is O=C(CCOc1ccccc1)Nc1cc(C(=O)O)cc(C(=O)O)c1. The van der Waals surface area contributed by atoms with E-state index < -0.39 is 17.8 Å². The summed E-state index contributed by atoms with van der Waals surface area (Å²) in [6.45, 7) is 0.139. The molecule has 2 aromatic rings. The molecule has 0 aliphatic heterocycles. The highest BCUT2D eigenvalue weighted by Crippen LogP contribution is 2.16. The second-order valence-corrected chi connectivity index (χ2v) is 4.87. The number of amides is 1. The van der Waals surface area contributed by atoms with Crippen LogP contribution in [0, 0.1) is 0 Å². The number of hydrogen-bond donors (Lipinski definition) is 3. The number of carboxylic acids is 2. The predicted molar refractivity (Wildman–Crippen MR) is 85.5 cm³/mol. The van der Waals surface area contributed by atoms with Gasteiger partial charge in [-0.2, -0.15) is 0 Å². The Morgan fingerprint density at radius 1 is 0.917 bits per heavy atom. The van der Waals surface area contributed by atoms with E-state index in [0.29, 0.717) is 5.75 Å². The highest BCUT2D eigenvalue weighted by Gasteiger charge is 2.13. The number of nitrogens with one attached hydrogen (secondary N) is 1. The van der Waals surface area contributed by atoms with E-state index in [1.165, 1.54) is 12.1 Å². The molecular formula is C17H15NO6. The molecule has 2 aromatic carbocycles. The second-order valence-electron chi connectivity index (χ2n) is 4.87. The Balaban J connectivity index is 1.97. The van der Waals surface area contributed by atoms with Gasteiger partial charge in [0.15, 0.2) is 0 Å². The van der Waals surface area contributed by atoms with E-state index in [2.05, 4.69) is 5.32 Å². The van der Waals surface area contributed by atoms with E-state index in [-0.39, 0.29) is 29.8 Å². The van der Waals surface area contributed by atoms with Crippen LogP contribution < -0.4 is 10.1 Å². The van der Waals surface area contributed by atoms with E-state index in [1.807, 2.05) is 6.07 Å². The molecule has 124 valence electrons. The van der Waals surface area contributed by atoms with Gasteiger partial charge < -0.3 is 20.3 Å². The Labute approximate surface area is 137 Å². The average Bonchev–Trinajstić information content (AvgIpc) is 2.55. The first kappa shape index (κ1) is 17.0. The largest absolute Gasteiger partial charge is 0.493 e. The second kappa shape index (κ2) is 7.77. The van der Waals surface area contributed by atoms with Crippen molar-refractivity contribution in [1.82, 2.24) is 0 Å². The van der Waals surface area contributed by atoms with Crippen LogP contribution in [0.15, 0.2) is 48.5 Å². The third-order valence-corrected chi connectivity index (χ3v) is 3.05. The number of ether oxygens (including phenoxy) is 1. The van der Waals surface area contributed by atoms with Crippen LogP contribution in [0.1, 0.15) is 27.1 Å². The summed E-state index contributed by atoms with van der Waals surface area (Å²) in [7, 11) is 0. The van der Waals surface area contributed by atoms with Crippen molar-refractivity contribution in [2.24, 2.45) is 0 Å². The molecular weight excluding hydrogens is 314 g/mol. The maximum Gasteiger partial charge on any atom is 0.335 e. The molecule has 0 radical (unpaired) electrons. The molecule has 0 unspecified atom stereocenters. The quantitative estimate of drug-likeness (QED) is 0.719. The van der Waals surface area contributed by atoms with Crippen LogP contribution in [-0.2, 0) is 4.79 Å². The van der Waals surface area contributed by atoms with E-state index >= 15 is 0 Å². The molecule has 0 atom stereocenters. The lowest BCUT2D eigenvalue weighted by molar-refractivity contribution is -0.116. The van der Waals surface area contributed by atoms with Gasteiger partial charge in [-0.3, -0.25) is 4.79 Å². The maximum atomic E-state index is 11.9. The van der Waals surface area contributed by atoms with Gasteiger partial charge in [0.05, 0.1) is 24.2 Å². The van der Waals surface area contributed by atoms with E-state index in [9.17, 15) is 14.4 Å². The fraction of sp³-hybridized carbons (Fsp3) is 0.118. The molecule has 0 fully saturated rings. The third kappa shape index (κ3) is 4.84. The lowest BCUT2D eigenvalue weighted by Crippen LogP contribution is -2.16. The summed E-state index contributed by atoms with van der Waals surface area (Å²) >= 11 is 0. The van der Waals surface area contributed by atoms with E-state index in [1.54, 1.807) is 24.3 Å². The Kier molecular flexibility index (Phi) is 5.51. The zero-order valence-corrected chi connectivity index (χ0v) is 12.6. The van der Waals surface area contributed by atoms with E-state index in [4.69, 9.17) is 14.9 Å². The number of carbonyl (C=O) groups excluding carboxylic acids is 1. The summed E-state index contributed by atoms with van der Waals surface area (Å²) in [6, 6.07) is 12.4. The molecule has 0 saturated heterocycles. The van der Waals surface area contributed by atoms with Gasteiger partial charge >= 0.3 is 11.9 Å². The summed E-state index contributed by atoms with van der Waals surface area (Å²) in [6.07, 6.45) is 0.0363. The van der Waals surface area contributed by atoms with Gasteiger partial charge in [0.2, 0.25) is 5.91 Å². The summed E-state index contributed by atoms with van der Waals surface area (Å²) in [4.78, 5) is 33.9. The Morgan fingerprint density at radius 3 is 2.04 bits per heavy atom. The van der Waals surface area contributed by atoms with Crippen molar-refractivity contribution in [3.8, 4) is 5.75 Å². The number of hydrogen-bond acceptors (Lipinski definition) is 4. The van der Waals surface area contributed by atoms with Gasteiger partial charge in [-0.25, -0.2) is 9.59 Å². The van der Waals surface area contributed by atoms with Crippen molar-refractivity contribution in [1.29, 1.82) is 0 Å². The molecule has 24 heavy (non-hydrogen) atoms. The lowest BCUT2D eigenvalue weighted by Gasteiger charge is -2.09. The Bertz CT molecular complexity index is 725. The number of aromatic carboxylic acids is 2. The van der Waals surface area contributed by atoms with Gasteiger partial charge in [0, 0.05) is 5.69 Å². The minimum atomic E-state index is -1.28. The molecule has 0 saturated carbocycles. The third-order valence-electron chi connectivity index (χ3n) is 3.05. The van der Waals surface area contributed by atoms with Gasteiger partial charge in [0.25, 0.3) is 0 Å². The summed E-state index contributed by atoms with van der Waals surface area (Å²) in [5.41, 5.74) is -0.325. The maximum absolute atomic E-state index is 11.9. The van der Waals surface area contributed by atoms with Crippen LogP contribution >= 0.6 is 0 Å². The zero-order valence-electron chi connectivity index (χ0n) is 12.6. The Hall–Kier alpha value is -3.35. The molecule has 0 aliphatic carbocycles. The minimum absolute atomic E-state index is 0.0363. The van der Waals surface area contributed by atoms with Crippen LogP contribution in [0.3, 0.4) is 0 Å². The zero-order chi connectivity index (χ0) is 17.5. The highest BCUT2D eigenvalue weighted by molar-refractivity contribution is 5.98. The number of rotatable bonds is 7. The van der Waals surface area contributed by atoms with Crippen LogP contribution in [0.25, 0.3) is 0 Å². The molecule has 0 bridgehead atoms. The number of anilines is 1. The summed E-state index contributed by atoms with van der Waals surface area (Å²) < 4.78 is 5.39. The number of benzene rings is 2. The molecule has 0 aromatic heterocycles. The van der Waals surface area contributed by atoms with Crippen molar-refractivity contribution in [2.75, 3.05) is 11.9 Å². The Morgan fingerprint density at radius 2 is 1.50 bits per heavy atom. The van der Waals surface area contributed by atoms with Gasteiger partial charge in [0.1, 0.15) is 5.75 Å². The summed E-state index contributed by atoms with van der Waals surface area (Å²) in [5.74, 6) is -2.34. The van der Waals surface area contributed by atoms with Crippen LogP contribution in [0.2, 0.25) is 0 Å². The molecule has 3 N–H and O–H groups in total. The monoisotopic (exact) mass is 329 g/mol. The van der Waals surface area contributed by atoms with Gasteiger partial charge in [-0.15, -0.1) is 0 Å². The van der Waals surface area contributed by atoms with Crippen molar-refractivity contribution in [3.05, 3.63) is 59.7 Å². The van der Waals surface area contributed by atoms with Crippen LogP contribution in [0.5, 0.6) is 5.75 Å². The van der Waals surface area contributed by atoms with Crippen molar-refractivity contribution in [3.63, 3.8) is 0 Å². The van der Waals surface area contributed by atoms with Crippen molar-refractivity contribution < 1.29 is 29.3 Å². The number of carboxylic acid groups (broad SMARTS) is 2. The topological polar surface area (TPSA) is 113 Å². The van der Waals surface area contributed by atoms with E-state index in [0.717, 1.165) is 6.07 Å². The molecule has 2 rings (SSSR count).